The largest absolute Gasteiger partial charge is 0.349 e. The summed E-state index contributed by atoms with van der Waals surface area (Å²) < 4.78 is 1.92. The Morgan fingerprint density at radius 3 is 2.92 bits per heavy atom. The van der Waals surface area contributed by atoms with Gasteiger partial charge in [0.05, 0.1) is 11.4 Å². The highest BCUT2D eigenvalue weighted by atomic mass is 32.1. The van der Waals surface area contributed by atoms with Crippen molar-refractivity contribution in [3.05, 3.63) is 71.5 Å². The van der Waals surface area contributed by atoms with Crippen LogP contribution in [-0.2, 0) is 6.54 Å². The Hall–Kier alpha value is -2.99. The van der Waals surface area contributed by atoms with Gasteiger partial charge in [0.25, 0.3) is 5.91 Å². The third-order valence-electron chi connectivity index (χ3n) is 4.25. The molecule has 0 saturated heterocycles. The van der Waals surface area contributed by atoms with Gasteiger partial charge in [0.15, 0.2) is 0 Å². The van der Waals surface area contributed by atoms with Gasteiger partial charge in [-0.15, -0.1) is 11.3 Å². The summed E-state index contributed by atoms with van der Waals surface area (Å²) in [7, 11) is 0. The molecule has 1 amide bonds. The van der Waals surface area contributed by atoms with E-state index in [1.54, 1.807) is 17.5 Å². The zero-order valence-corrected chi connectivity index (χ0v) is 15.2. The summed E-state index contributed by atoms with van der Waals surface area (Å²) in [4.78, 5) is 17.9. The van der Waals surface area contributed by atoms with Gasteiger partial charge in [-0.25, -0.2) is 0 Å². The molecule has 0 spiro atoms. The van der Waals surface area contributed by atoms with E-state index in [1.807, 2.05) is 53.4 Å². The van der Waals surface area contributed by atoms with Crippen LogP contribution in [-0.4, -0.2) is 27.2 Å². The van der Waals surface area contributed by atoms with Crippen molar-refractivity contribution in [3.8, 4) is 10.6 Å². The van der Waals surface area contributed by atoms with E-state index in [0.29, 0.717) is 18.8 Å². The van der Waals surface area contributed by atoms with Crippen molar-refractivity contribution in [1.82, 2.24) is 20.1 Å². The number of aromatic nitrogens is 3. The Bertz CT molecular complexity index is 1050. The maximum absolute atomic E-state index is 12.5. The first-order chi connectivity index (χ1) is 12.7. The van der Waals surface area contributed by atoms with Crippen molar-refractivity contribution in [1.29, 1.82) is 0 Å². The minimum Gasteiger partial charge on any atom is -0.349 e. The van der Waals surface area contributed by atoms with Crippen molar-refractivity contribution < 1.29 is 4.79 Å². The Kier molecular flexibility index (Phi) is 4.50. The van der Waals surface area contributed by atoms with Gasteiger partial charge in [0.1, 0.15) is 11.4 Å². The summed E-state index contributed by atoms with van der Waals surface area (Å²) >= 11 is 1.67. The average Bonchev–Trinajstić information content (AvgIpc) is 3.31. The van der Waals surface area contributed by atoms with Crippen LogP contribution in [0.5, 0.6) is 0 Å². The molecule has 0 bridgehead atoms. The van der Waals surface area contributed by atoms with Crippen LogP contribution in [0.15, 0.2) is 60.1 Å². The highest BCUT2D eigenvalue weighted by molar-refractivity contribution is 7.13. The molecule has 0 fully saturated rings. The molecule has 1 aromatic carbocycles. The second-order valence-electron chi connectivity index (χ2n) is 6.01. The highest BCUT2D eigenvalue weighted by Crippen LogP contribution is 2.23. The van der Waals surface area contributed by atoms with E-state index in [-0.39, 0.29) is 5.91 Å². The number of benzene rings is 1. The van der Waals surface area contributed by atoms with Crippen LogP contribution >= 0.6 is 11.3 Å². The molecule has 4 aromatic rings. The minimum absolute atomic E-state index is 0.162. The van der Waals surface area contributed by atoms with Crippen LogP contribution in [0.4, 0.5) is 0 Å². The number of rotatable bonds is 5. The normalized spacial score (nSPS) is 11.0. The van der Waals surface area contributed by atoms with Crippen molar-refractivity contribution in [3.63, 3.8) is 0 Å². The van der Waals surface area contributed by atoms with E-state index in [4.69, 9.17) is 0 Å². The first-order valence-corrected chi connectivity index (χ1v) is 9.30. The molecule has 0 aliphatic carbocycles. The molecule has 0 aliphatic rings. The third kappa shape index (κ3) is 3.23. The first-order valence-electron chi connectivity index (χ1n) is 8.42. The quantitative estimate of drug-likeness (QED) is 0.586. The molecule has 3 heterocycles. The number of nitrogens with zero attached hydrogens (tertiary/aromatic N) is 3. The van der Waals surface area contributed by atoms with Gasteiger partial charge < -0.3 is 5.32 Å². The topological polar surface area (TPSA) is 59.8 Å². The molecule has 130 valence electrons. The summed E-state index contributed by atoms with van der Waals surface area (Å²) in [6, 6.07) is 15.8. The minimum atomic E-state index is -0.162. The van der Waals surface area contributed by atoms with Crippen LogP contribution in [0.1, 0.15) is 16.2 Å². The summed E-state index contributed by atoms with van der Waals surface area (Å²) in [6.07, 6.45) is 1.67. The molecular weight excluding hydrogens is 344 g/mol. The van der Waals surface area contributed by atoms with Crippen molar-refractivity contribution in [2.24, 2.45) is 0 Å². The fraction of sp³-hybridized carbons (Fsp3) is 0.150. The van der Waals surface area contributed by atoms with E-state index >= 15 is 0 Å². The van der Waals surface area contributed by atoms with E-state index in [1.165, 1.54) is 0 Å². The van der Waals surface area contributed by atoms with Gasteiger partial charge in [-0.3, -0.25) is 14.5 Å². The van der Waals surface area contributed by atoms with Crippen molar-refractivity contribution in [2.45, 2.75) is 13.5 Å². The number of hydrogen-bond donors (Lipinski definition) is 1. The fourth-order valence-electron chi connectivity index (χ4n) is 2.94. The van der Waals surface area contributed by atoms with Crippen LogP contribution in [0, 0.1) is 6.92 Å². The molecule has 0 saturated carbocycles. The molecule has 0 radical (unpaired) electrons. The monoisotopic (exact) mass is 362 g/mol. The first kappa shape index (κ1) is 16.5. The molecule has 6 heteroatoms. The number of hydrogen-bond acceptors (Lipinski definition) is 4. The van der Waals surface area contributed by atoms with Crippen LogP contribution in [0.2, 0.25) is 0 Å². The average molecular weight is 362 g/mol. The van der Waals surface area contributed by atoms with Gasteiger partial charge in [-0.05, 0) is 35.9 Å². The standard InChI is InChI=1S/C20H18N4OS/c1-14-13-17(18-7-4-12-26-18)23-24(14)11-10-22-20(25)19-16-6-3-2-5-15(16)8-9-21-19/h2-9,12-13H,10-11H2,1H3,(H,22,25). The summed E-state index contributed by atoms with van der Waals surface area (Å²) in [5.41, 5.74) is 2.50. The number of nitrogens with one attached hydrogen (secondary N) is 1. The SMILES string of the molecule is Cc1cc(-c2cccs2)nn1CCNC(=O)c1nccc2ccccc12. The van der Waals surface area contributed by atoms with Gasteiger partial charge in [0.2, 0.25) is 0 Å². The lowest BCUT2D eigenvalue weighted by Gasteiger charge is -2.08. The molecule has 26 heavy (non-hydrogen) atoms. The number of aryl methyl sites for hydroxylation is 1. The Morgan fingerprint density at radius 1 is 1.19 bits per heavy atom. The van der Waals surface area contributed by atoms with Gasteiger partial charge in [0, 0.05) is 23.8 Å². The molecule has 5 nitrogen and oxygen atoms in total. The number of fused-ring (bicyclic) bond motifs is 1. The third-order valence-corrected chi connectivity index (χ3v) is 5.15. The fourth-order valence-corrected chi connectivity index (χ4v) is 3.62. The summed E-state index contributed by atoms with van der Waals surface area (Å²) in [5.74, 6) is -0.162. The van der Waals surface area contributed by atoms with Crippen LogP contribution in [0.3, 0.4) is 0 Å². The Balaban J connectivity index is 1.44. The lowest BCUT2D eigenvalue weighted by Crippen LogP contribution is -2.28. The zero-order chi connectivity index (χ0) is 17.9. The van der Waals surface area contributed by atoms with E-state index in [9.17, 15) is 4.79 Å². The predicted octanol–water partition coefficient (Wildman–Crippen LogP) is 3.90. The molecule has 0 aliphatic heterocycles. The van der Waals surface area contributed by atoms with Crippen LogP contribution < -0.4 is 5.32 Å². The number of carbonyl (C=O) groups excluding carboxylic acids is 1. The molecule has 3 aromatic heterocycles. The molecule has 0 unspecified atom stereocenters. The zero-order valence-electron chi connectivity index (χ0n) is 14.3. The maximum Gasteiger partial charge on any atom is 0.270 e. The molecule has 1 N–H and O–H groups in total. The lowest BCUT2D eigenvalue weighted by molar-refractivity contribution is 0.0948. The van der Waals surface area contributed by atoms with E-state index in [2.05, 4.69) is 27.5 Å². The summed E-state index contributed by atoms with van der Waals surface area (Å²) in [6.45, 7) is 3.14. The molecule has 0 atom stereocenters. The second-order valence-corrected chi connectivity index (χ2v) is 6.96. The molecular formula is C20H18N4OS. The number of amides is 1. The van der Waals surface area contributed by atoms with Crippen molar-refractivity contribution in [2.75, 3.05) is 6.54 Å². The maximum atomic E-state index is 12.5. The van der Waals surface area contributed by atoms with E-state index in [0.717, 1.165) is 27.0 Å². The number of carbonyl (C=O) groups is 1. The summed E-state index contributed by atoms with van der Waals surface area (Å²) in [5, 5.41) is 11.5. The van der Waals surface area contributed by atoms with Crippen LogP contribution in [0.25, 0.3) is 21.3 Å². The predicted molar refractivity (Wildman–Crippen MR) is 104 cm³/mol. The lowest BCUT2D eigenvalue weighted by atomic mass is 10.1. The van der Waals surface area contributed by atoms with Gasteiger partial charge in [-0.2, -0.15) is 5.10 Å². The smallest absolute Gasteiger partial charge is 0.270 e. The number of thiophene rings is 1. The Morgan fingerprint density at radius 2 is 2.08 bits per heavy atom. The highest BCUT2D eigenvalue weighted by Gasteiger charge is 2.12. The van der Waals surface area contributed by atoms with Gasteiger partial charge in [-0.1, -0.05) is 30.3 Å². The Labute approximate surface area is 155 Å². The van der Waals surface area contributed by atoms with E-state index < -0.39 is 0 Å². The molecule has 4 rings (SSSR count). The van der Waals surface area contributed by atoms with Crippen molar-refractivity contribution >= 4 is 28.0 Å². The second kappa shape index (κ2) is 7.09. The van der Waals surface area contributed by atoms with Gasteiger partial charge >= 0.3 is 0 Å². The number of pyridine rings is 1.